The van der Waals surface area contributed by atoms with E-state index < -0.39 is 12.0 Å². The van der Waals surface area contributed by atoms with Crippen LogP contribution in [0, 0.1) is 0 Å². The molecule has 1 amide bonds. The predicted octanol–water partition coefficient (Wildman–Crippen LogP) is 2.33. The van der Waals surface area contributed by atoms with E-state index >= 15 is 0 Å². The first-order valence-electron chi connectivity index (χ1n) is 5.30. The first kappa shape index (κ1) is 13.5. The first-order valence-corrected chi connectivity index (χ1v) is 5.67. The molecule has 0 saturated carbocycles. The van der Waals surface area contributed by atoms with Gasteiger partial charge in [-0.05, 0) is 12.5 Å². The van der Waals surface area contributed by atoms with Gasteiger partial charge in [0.05, 0.1) is 0 Å². The highest BCUT2D eigenvalue weighted by Gasteiger charge is 2.27. The van der Waals surface area contributed by atoms with Gasteiger partial charge in [-0.1, -0.05) is 36.7 Å². The van der Waals surface area contributed by atoms with Crippen molar-refractivity contribution in [2.24, 2.45) is 0 Å². The maximum atomic E-state index is 11.3. The van der Waals surface area contributed by atoms with Crippen LogP contribution in [0.2, 0.25) is 5.02 Å². The van der Waals surface area contributed by atoms with E-state index in [2.05, 4.69) is 0 Å². The molecule has 0 heterocycles. The Bertz CT molecular complexity index is 408. The van der Waals surface area contributed by atoms with Gasteiger partial charge in [0.25, 0.3) is 0 Å². The summed E-state index contributed by atoms with van der Waals surface area (Å²) in [5, 5.41) is 9.57. The van der Waals surface area contributed by atoms with Gasteiger partial charge in [-0.25, -0.2) is 4.79 Å². The molecule has 1 N–H and O–H groups in total. The maximum absolute atomic E-state index is 11.3. The van der Waals surface area contributed by atoms with Gasteiger partial charge in [0.15, 0.2) is 6.04 Å². The van der Waals surface area contributed by atoms with Crippen molar-refractivity contribution < 1.29 is 14.7 Å². The van der Waals surface area contributed by atoms with Crippen LogP contribution in [0.3, 0.4) is 0 Å². The fraction of sp³-hybridized carbons (Fsp3) is 0.333. The number of carboxylic acid groups (broad SMARTS) is 1. The smallest absolute Gasteiger partial charge is 0.331 e. The number of rotatable bonds is 6. The van der Waals surface area contributed by atoms with Gasteiger partial charge in [0, 0.05) is 17.1 Å². The van der Waals surface area contributed by atoms with Crippen LogP contribution in [0.1, 0.15) is 24.9 Å². The summed E-state index contributed by atoms with van der Waals surface area (Å²) in [6, 6.07) is 5.62. The van der Waals surface area contributed by atoms with E-state index in [0.717, 1.165) is 0 Å². The van der Waals surface area contributed by atoms with Crippen molar-refractivity contribution in [3.05, 3.63) is 34.9 Å². The molecule has 0 fully saturated rings. The third kappa shape index (κ3) is 3.20. The fourth-order valence-corrected chi connectivity index (χ4v) is 1.89. The lowest BCUT2D eigenvalue weighted by Crippen LogP contribution is -2.33. The third-order valence-electron chi connectivity index (χ3n) is 2.38. The fourth-order valence-electron chi connectivity index (χ4n) is 1.65. The highest BCUT2D eigenvalue weighted by Crippen LogP contribution is 2.27. The molecule has 0 aliphatic rings. The highest BCUT2D eigenvalue weighted by atomic mass is 35.5. The Morgan fingerprint density at radius 1 is 1.53 bits per heavy atom. The summed E-state index contributed by atoms with van der Waals surface area (Å²) in [4.78, 5) is 23.5. The topological polar surface area (TPSA) is 57.6 Å². The third-order valence-corrected chi connectivity index (χ3v) is 2.73. The largest absolute Gasteiger partial charge is 0.479 e. The second-order valence-electron chi connectivity index (χ2n) is 3.61. The number of hydrogen-bond donors (Lipinski definition) is 1. The summed E-state index contributed by atoms with van der Waals surface area (Å²) in [6.07, 6.45) is 1.23. The summed E-state index contributed by atoms with van der Waals surface area (Å²) < 4.78 is 0. The lowest BCUT2D eigenvalue weighted by molar-refractivity contribution is -0.146. The Kier molecular flexibility index (Phi) is 4.97. The zero-order valence-electron chi connectivity index (χ0n) is 9.47. The van der Waals surface area contributed by atoms with Crippen LogP contribution in [0.25, 0.3) is 0 Å². The SMILES string of the molecule is CCCN(C=O)C(C(=O)O)c1ccccc1Cl. The van der Waals surface area contributed by atoms with Crippen molar-refractivity contribution in [2.75, 3.05) is 6.54 Å². The summed E-state index contributed by atoms with van der Waals surface area (Å²) in [5.74, 6) is -1.08. The minimum Gasteiger partial charge on any atom is -0.479 e. The van der Waals surface area contributed by atoms with Gasteiger partial charge in [0.1, 0.15) is 0 Å². The van der Waals surface area contributed by atoms with Crippen LogP contribution < -0.4 is 0 Å². The van der Waals surface area contributed by atoms with E-state index in [1.165, 1.54) is 4.90 Å². The zero-order chi connectivity index (χ0) is 12.8. The molecule has 1 atom stereocenters. The number of benzene rings is 1. The molecular weight excluding hydrogens is 242 g/mol. The lowest BCUT2D eigenvalue weighted by atomic mass is 10.1. The highest BCUT2D eigenvalue weighted by molar-refractivity contribution is 6.31. The van der Waals surface area contributed by atoms with Crippen molar-refractivity contribution in [2.45, 2.75) is 19.4 Å². The summed E-state index contributed by atoms with van der Waals surface area (Å²) in [5.41, 5.74) is 0.433. The van der Waals surface area contributed by atoms with E-state index in [0.29, 0.717) is 30.0 Å². The molecule has 1 unspecified atom stereocenters. The van der Waals surface area contributed by atoms with E-state index in [1.807, 2.05) is 6.92 Å². The Hall–Kier alpha value is -1.55. The van der Waals surface area contributed by atoms with E-state index in [-0.39, 0.29) is 0 Å². The van der Waals surface area contributed by atoms with E-state index in [1.54, 1.807) is 24.3 Å². The number of carbonyl (C=O) groups excluding carboxylic acids is 1. The van der Waals surface area contributed by atoms with Crippen molar-refractivity contribution >= 4 is 24.0 Å². The van der Waals surface area contributed by atoms with Gasteiger partial charge >= 0.3 is 5.97 Å². The quantitative estimate of drug-likeness (QED) is 0.794. The number of nitrogens with zero attached hydrogens (tertiary/aromatic N) is 1. The van der Waals surface area contributed by atoms with Crippen molar-refractivity contribution in [1.29, 1.82) is 0 Å². The molecule has 0 aliphatic heterocycles. The monoisotopic (exact) mass is 255 g/mol. The normalized spacial score (nSPS) is 11.9. The molecule has 0 saturated heterocycles. The van der Waals surface area contributed by atoms with Crippen LogP contribution in [0.5, 0.6) is 0 Å². The van der Waals surface area contributed by atoms with Crippen LogP contribution in [-0.2, 0) is 9.59 Å². The van der Waals surface area contributed by atoms with Crippen LogP contribution in [-0.4, -0.2) is 28.9 Å². The van der Waals surface area contributed by atoms with Crippen molar-refractivity contribution in [3.63, 3.8) is 0 Å². The Morgan fingerprint density at radius 2 is 2.18 bits per heavy atom. The van der Waals surface area contributed by atoms with Gasteiger partial charge in [-0.3, -0.25) is 4.79 Å². The van der Waals surface area contributed by atoms with E-state index in [9.17, 15) is 14.7 Å². The predicted molar refractivity (Wildman–Crippen MR) is 64.9 cm³/mol. The van der Waals surface area contributed by atoms with Crippen molar-refractivity contribution in [3.8, 4) is 0 Å². The number of amides is 1. The number of hydrogen-bond acceptors (Lipinski definition) is 2. The standard InChI is InChI=1S/C12H14ClNO3/c1-2-7-14(8-15)11(12(16)17)9-5-3-4-6-10(9)13/h3-6,8,11H,2,7H2,1H3,(H,16,17). The molecule has 0 aromatic heterocycles. The molecule has 1 aromatic carbocycles. The average Bonchev–Trinajstić information content (AvgIpc) is 2.30. The van der Waals surface area contributed by atoms with Crippen LogP contribution in [0.4, 0.5) is 0 Å². The molecule has 0 radical (unpaired) electrons. The average molecular weight is 256 g/mol. The molecular formula is C12H14ClNO3. The number of carbonyl (C=O) groups is 2. The molecule has 0 bridgehead atoms. The number of carboxylic acids is 1. The molecule has 0 spiro atoms. The molecule has 17 heavy (non-hydrogen) atoms. The van der Waals surface area contributed by atoms with E-state index in [4.69, 9.17) is 11.6 Å². The first-order chi connectivity index (χ1) is 8.11. The van der Waals surface area contributed by atoms with Gasteiger partial charge < -0.3 is 10.0 Å². The molecule has 1 aromatic rings. The summed E-state index contributed by atoms with van der Waals surface area (Å²) in [6.45, 7) is 2.26. The molecule has 1 rings (SSSR count). The zero-order valence-corrected chi connectivity index (χ0v) is 10.2. The minimum absolute atomic E-state index is 0.350. The number of aliphatic carboxylic acids is 1. The molecule has 0 aliphatic carbocycles. The molecule has 92 valence electrons. The Labute approximate surface area is 105 Å². The second kappa shape index (κ2) is 6.25. The van der Waals surface area contributed by atoms with Crippen LogP contribution >= 0.6 is 11.6 Å². The van der Waals surface area contributed by atoms with Gasteiger partial charge in [-0.15, -0.1) is 0 Å². The molecule has 4 nitrogen and oxygen atoms in total. The van der Waals surface area contributed by atoms with Crippen molar-refractivity contribution in [1.82, 2.24) is 4.90 Å². The Balaban J connectivity index is 3.13. The van der Waals surface area contributed by atoms with Gasteiger partial charge in [0.2, 0.25) is 6.41 Å². The maximum Gasteiger partial charge on any atom is 0.331 e. The second-order valence-corrected chi connectivity index (χ2v) is 4.01. The number of halogens is 1. The minimum atomic E-state index is -1.08. The van der Waals surface area contributed by atoms with Gasteiger partial charge in [-0.2, -0.15) is 0 Å². The molecule has 5 heteroatoms. The van der Waals surface area contributed by atoms with Crippen LogP contribution in [0.15, 0.2) is 24.3 Å². The summed E-state index contributed by atoms with van der Waals surface area (Å²) in [7, 11) is 0. The lowest BCUT2D eigenvalue weighted by Gasteiger charge is -2.25. The summed E-state index contributed by atoms with van der Waals surface area (Å²) >= 11 is 5.96. The Morgan fingerprint density at radius 3 is 2.65 bits per heavy atom.